The average molecular weight is 481 g/mol. The lowest BCUT2D eigenvalue weighted by Gasteiger charge is -2.22. The molecule has 1 aromatic carbocycles. The van der Waals surface area contributed by atoms with Crippen LogP contribution >= 0.6 is 0 Å². The number of amides is 1. The Labute approximate surface area is 211 Å². The number of hydrogen-bond donors (Lipinski definition) is 1. The number of aromatic nitrogens is 5. The van der Waals surface area contributed by atoms with E-state index in [-0.39, 0.29) is 5.91 Å². The van der Waals surface area contributed by atoms with Gasteiger partial charge in [-0.15, -0.1) is 0 Å². The Morgan fingerprint density at radius 1 is 0.778 bits per heavy atom. The molecule has 0 aliphatic heterocycles. The largest absolute Gasteiger partial charge is 0.321 e. The first-order valence-electron chi connectivity index (χ1n) is 13.3. The highest BCUT2D eigenvalue weighted by molar-refractivity contribution is 6.05. The second-order valence-corrected chi connectivity index (χ2v) is 10.2. The topological polar surface area (TPSA) is 85.6 Å². The van der Waals surface area contributed by atoms with Crippen molar-refractivity contribution in [1.82, 2.24) is 24.7 Å². The Balaban J connectivity index is 1.24. The molecule has 0 unspecified atom stereocenters. The number of carbonyl (C=O) groups is 1. The molecule has 2 saturated carbocycles. The number of benzene rings is 1. The van der Waals surface area contributed by atoms with E-state index in [2.05, 4.69) is 26.0 Å². The summed E-state index contributed by atoms with van der Waals surface area (Å²) >= 11 is 0. The highest BCUT2D eigenvalue weighted by Crippen LogP contribution is 2.38. The van der Waals surface area contributed by atoms with E-state index in [4.69, 9.17) is 10.1 Å². The molecule has 2 aliphatic carbocycles. The van der Waals surface area contributed by atoms with E-state index in [1.54, 1.807) is 30.7 Å². The summed E-state index contributed by atoms with van der Waals surface area (Å²) in [5.41, 5.74) is 5.19. The summed E-state index contributed by atoms with van der Waals surface area (Å²) in [4.78, 5) is 26.1. The highest BCUT2D eigenvalue weighted by Gasteiger charge is 2.25. The minimum absolute atomic E-state index is 0.196. The molecule has 3 heterocycles. The van der Waals surface area contributed by atoms with Crippen LogP contribution in [0.2, 0.25) is 0 Å². The molecule has 0 radical (unpaired) electrons. The van der Waals surface area contributed by atoms with Crippen molar-refractivity contribution in [1.29, 1.82) is 0 Å². The number of nitrogens with one attached hydrogen (secondary N) is 1. The predicted molar refractivity (Wildman–Crippen MR) is 141 cm³/mol. The lowest BCUT2D eigenvalue weighted by Crippen LogP contribution is -2.14. The van der Waals surface area contributed by atoms with Crippen LogP contribution in [-0.2, 0) is 0 Å². The van der Waals surface area contributed by atoms with Gasteiger partial charge >= 0.3 is 0 Å². The molecule has 0 atom stereocenters. The van der Waals surface area contributed by atoms with Crippen LogP contribution < -0.4 is 5.32 Å². The third-order valence-electron chi connectivity index (χ3n) is 7.76. The zero-order valence-corrected chi connectivity index (χ0v) is 20.6. The maximum atomic E-state index is 12.8. The third kappa shape index (κ3) is 4.74. The molecule has 36 heavy (non-hydrogen) atoms. The first kappa shape index (κ1) is 22.8. The van der Waals surface area contributed by atoms with Crippen molar-refractivity contribution < 1.29 is 4.79 Å². The number of nitrogens with zero attached hydrogens (tertiary/aromatic N) is 5. The van der Waals surface area contributed by atoms with E-state index in [0.29, 0.717) is 28.6 Å². The standard InChI is InChI=1S/C29H32N6O/c36-29(22-11-13-24-26(17-22)31-16-15-30-24)33-23-12-14-28(32-19-23)35-27(21-9-5-2-6-10-21)18-25(34-35)20-7-3-1-4-8-20/h11-21H,1-10H2,(H,33,36). The van der Waals surface area contributed by atoms with Crippen molar-refractivity contribution in [2.24, 2.45) is 0 Å². The summed E-state index contributed by atoms with van der Waals surface area (Å²) in [7, 11) is 0. The van der Waals surface area contributed by atoms with E-state index >= 15 is 0 Å². The summed E-state index contributed by atoms with van der Waals surface area (Å²) in [5, 5.41) is 8.06. The van der Waals surface area contributed by atoms with Gasteiger partial charge in [-0.3, -0.25) is 14.8 Å². The Morgan fingerprint density at radius 3 is 2.22 bits per heavy atom. The Bertz CT molecular complexity index is 1350. The molecule has 6 rings (SSSR count). The van der Waals surface area contributed by atoms with Crippen molar-refractivity contribution in [3.8, 4) is 5.82 Å². The van der Waals surface area contributed by atoms with Gasteiger partial charge in [0, 0.05) is 35.5 Å². The van der Waals surface area contributed by atoms with Gasteiger partial charge in [-0.25, -0.2) is 9.67 Å². The quantitative estimate of drug-likeness (QED) is 0.350. The van der Waals surface area contributed by atoms with Crippen LogP contribution in [0.1, 0.15) is 97.8 Å². The molecule has 3 aromatic heterocycles. The summed E-state index contributed by atoms with van der Waals surface area (Å²) in [6, 6.07) is 11.6. The fourth-order valence-electron chi connectivity index (χ4n) is 5.78. The average Bonchev–Trinajstić information content (AvgIpc) is 3.40. The monoisotopic (exact) mass is 480 g/mol. The molecule has 7 heteroatoms. The number of pyridine rings is 1. The molecular weight excluding hydrogens is 448 g/mol. The molecule has 2 aliphatic rings. The van der Waals surface area contributed by atoms with E-state index in [9.17, 15) is 4.79 Å². The molecule has 0 spiro atoms. The minimum atomic E-state index is -0.196. The molecule has 0 bridgehead atoms. The number of fused-ring (bicyclic) bond motifs is 1. The lowest BCUT2D eigenvalue weighted by molar-refractivity contribution is 0.102. The van der Waals surface area contributed by atoms with Gasteiger partial charge in [0.2, 0.25) is 0 Å². The maximum Gasteiger partial charge on any atom is 0.255 e. The van der Waals surface area contributed by atoms with Crippen molar-refractivity contribution in [3.63, 3.8) is 0 Å². The number of anilines is 1. The molecule has 4 aromatic rings. The van der Waals surface area contributed by atoms with Gasteiger partial charge in [0.15, 0.2) is 5.82 Å². The number of hydrogen-bond acceptors (Lipinski definition) is 5. The van der Waals surface area contributed by atoms with Crippen LogP contribution in [0.3, 0.4) is 0 Å². The van der Waals surface area contributed by atoms with Crippen LogP contribution in [0.25, 0.3) is 16.9 Å². The number of rotatable bonds is 5. The van der Waals surface area contributed by atoms with Crippen molar-refractivity contribution in [2.45, 2.75) is 76.0 Å². The molecule has 184 valence electrons. The smallest absolute Gasteiger partial charge is 0.255 e. The van der Waals surface area contributed by atoms with Gasteiger partial charge < -0.3 is 5.32 Å². The van der Waals surface area contributed by atoms with Crippen LogP contribution in [0, 0.1) is 0 Å². The van der Waals surface area contributed by atoms with Gasteiger partial charge in [-0.1, -0.05) is 38.5 Å². The lowest BCUT2D eigenvalue weighted by atomic mass is 9.84. The summed E-state index contributed by atoms with van der Waals surface area (Å²) in [5.74, 6) is 1.73. The second-order valence-electron chi connectivity index (χ2n) is 10.2. The van der Waals surface area contributed by atoms with E-state index in [1.165, 1.54) is 75.6 Å². The van der Waals surface area contributed by atoms with Gasteiger partial charge in [-0.2, -0.15) is 5.10 Å². The van der Waals surface area contributed by atoms with Crippen LogP contribution in [0.5, 0.6) is 0 Å². The number of carbonyl (C=O) groups excluding carboxylic acids is 1. The third-order valence-corrected chi connectivity index (χ3v) is 7.76. The van der Waals surface area contributed by atoms with Gasteiger partial charge in [-0.05, 0) is 62.1 Å². The summed E-state index contributed by atoms with van der Waals surface area (Å²) in [6.45, 7) is 0. The Kier molecular flexibility index (Phi) is 6.45. The Morgan fingerprint density at radius 2 is 1.50 bits per heavy atom. The molecule has 0 saturated heterocycles. The van der Waals surface area contributed by atoms with Gasteiger partial charge in [0.25, 0.3) is 5.91 Å². The van der Waals surface area contributed by atoms with Gasteiger partial charge in [0.05, 0.1) is 28.6 Å². The van der Waals surface area contributed by atoms with Crippen molar-refractivity contribution in [2.75, 3.05) is 5.32 Å². The summed E-state index contributed by atoms with van der Waals surface area (Å²) in [6.07, 6.45) is 17.8. The van der Waals surface area contributed by atoms with Crippen molar-refractivity contribution >= 4 is 22.6 Å². The van der Waals surface area contributed by atoms with Crippen LogP contribution in [0.15, 0.2) is 55.0 Å². The zero-order chi connectivity index (χ0) is 24.3. The van der Waals surface area contributed by atoms with Crippen molar-refractivity contribution in [3.05, 3.63) is 71.9 Å². The molecule has 7 nitrogen and oxygen atoms in total. The fourth-order valence-corrected chi connectivity index (χ4v) is 5.78. The predicted octanol–water partition coefficient (Wildman–Crippen LogP) is 6.56. The maximum absolute atomic E-state index is 12.8. The highest BCUT2D eigenvalue weighted by atomic mass is 16.1. The van der Waals surface area contributed by atoms with Crippen LogP contribution in [-0.4, -0.2) is 30.6 Å². The Hall–Kier alpha value is -3.61. The molecule has 1 amide bonds. The van der Waals surface area contributed by atoms with E-state index in [0.717, 1.165) is 11.3 Å². The first-order chi connectivity index (χ1) is 17.7. The van der Waals surface area contributed by atoms with Gasteiger partial charge in [0.1, 0.15) is 0 Å². The van der Waals surface area contributed by atoms with E-state index in [1.807, 2.05) is 18.2 Å². The molecular formula is C29H32N6O. The normalized spacial score (nSPS) is 17.3. The SMILES string of the molecule is O=C(Nc1ccc(-n2nc(C3CCCCC3)cc2C2CCCCC2)nc1)c1ccc2nccnc2c1. The first-order valence-corrected chi connectivity index (χ1v) is 13.3. The van der Waals surface area contributed by atoms with Crippen LogP contribution in [0.4, 0.5) is 5.69 Å². The molecule has 2 fully saturated rings. The summed E-state index contributed by atoms with van der Waals surface area (Å²) < 4.78 is 2.08. The second kappa shape index (κ2) is 10.2. The molecule has 1 N–H and O–H groups in total. The fraction of sp³-hybridized carbons (Fsp3) is 0.414. The zero-order valence-electron chi connectivity index (χ0n) is 20.6. The van der Waals surface area contributed by atoms with E-state index < -0.39 is 0 Å². The minimum Gasteiger partial charge on any atom is -0.321 e.